The highest BCUT2D eigenvalue weighted by Gasteiger charge is 2.18. The number of aromatic nitrogens is 3. The van der Waals surface area contributed by atoms with Gasteiger partial charge in [0.25, 0.3) is 0 Å². The predicted molar refractivity (Wildman–Crippen MR) is 146 cm³/mol. The van der Waals surface area contributed by atoms with Gasteiger partial charge in [-0.25, -0.2) is 14.8 Å². The Morgan fingerprint density at radius 2 is 1.82 bits per heavy atom. The lowest BCUT2D eigenvalue weighted by molar-refractivity contribution is -0.120. The summed E-state index contributed by atoms with van der Waals surface area (Å²) in [7, 11) is 1.67. The zero-order chi connectivity index (χ0) is 27.2. The zero-order valence-electron chi connectivity index (χ0n) is 21.8. The van der Waals surface area contributed by atoms with Gasteiger partial charge in [-0.2, -0.15) is 0 Å². The van der Waals surface area contributed by atoms with Crippen molar-refractivity contribution in [2.75, 3.05) is 19.5 Å². The minimum Gasteiger partial charge on any atom is -0.426 e. The summed E-state index contributed by atoms with van der Waals surface area (Å²) in [4.78, 5) is 33.1. The summed E-state index contributed by atoms with van der Waals surface area (Å²) in [5.74, 6) is 0.898. The van der Waals surface area contributed by atoms with E-state index in [2.05, 4.69) is 26.8 Å². The van der Waals surface area contributed by atoms with Crippen molar-refractivity contribution >= 4 is 39.8 Å². The Kier molecular flexibility index (Phi) is 8.22. The highest BCUT2D eigenvalue weighted by molar-refractivity contribution is 6.06. The molecule has 2 amide bonds. The summed E-state index contributed by atoms with van der Waals surface area (Å²) in [6.45, 7) is 8.10. The topological polar surface area (TPSA) is 133 Å². The number of alkyl carbamates (subject to hydrolysis) is 1. The molecule has 10 nitrogen and oxygen atoms in total. The first-order chi connectivity index (χ1) is 18.3. The third-order valence-electron chi connectivity index (χ3n) is 6.03. The summed E-state index contributed by atoms with van der Waals surface area (Å²) in [5.41, 5.74) is 11.0. The smallest absolute Gasteiger partial charge is 0.409 e. The van der Waals surface area contributed by atoms with Crippen LogP contribution in [0.5, 0.6) is 0 Å². The van der Waals surface area contributed by atoms with Crippen molar-refractivity contribution in [1.82, 2.24) is 25.2 Å². The normalized spacial score (nSPS) is 11.9. The molecular formula is C28H32N6O4. The van der Waals surface area contributed by atoms with Crippen LogP contribution in [0.2, 0.25) is 0 Å². The van der Waals surface area contributed by atoms with Crippen molar-refractivity contribution < 1.29 is 19.1 Å². The molecule has 198 valence electrons. The number of nitrogen functional groups attached to an aromatic ring is 1. The van der Waals surface area contributed by atoms with E-state index >= 15 is 0 Å². The second-order valence-electron chi connectivity index (χ2n) is 9.04. The molecule has 2 aromatic carbocycles. The lowest BCUT2D eigenvalue weighted by Gasteiger charge is -2.15. The quantitative estimate of drug-likeness (QED) is 0.216. The molecule has 2 aromatic heterocycles. The third kappa shape index (κ3) is 6.09. The fourth-order valence-electron chi connectivity index (χ4n) is 4.12. The number of anilines is 1. The Bertz CT molecular complexity index is 1480. The van der Waals surface area contributed by atoms with E-state index in [1.807, 2.05) is 48.5 Å². The van der Waals surface area contributed by atoms with E-state index in [0.717, 1.165) is 33.4 Å². The highest BCUT2D eigenvalue weighted by atomic mass is 16.6. The van der Waals surface area contributed by atoms with E-state index in [1.165, 1.54) is 0 Å². The van der Waals surface area contributed by atoms with Crippen molar-refractivity contribution in [2.24, 2.45) is 0 Å². The predicted octanol–water partition coefficient (Wildman–Crippen LogP) is 3.67. The van der Waals surface area contributed by atoms with Crippen LogP contribution < -0.4 is 16.4 Å². The van der Waals surface area contributed by atoms with Crippen LogP contribution in [0.3, 0.4) is 0 Å². The van der Waals surface area contributed by atoms with Crippen LogP contribution in [0, 0.1) is 0 Å². The van der Waals surface area contributed by atoms with Gasteiger partial charge < -0.3 is 30.4 Å². The third-order valence-corrected chi connectivity index (χ3v) is 6.03. The number of methoxy groups -OCH3 is 1. The number of rotatable bonds is 10. The number of hydrogen-bond acceptors (Lipinski definition) is 7. The lowest BCUT2D eigenvalue weighted by Crippen LogP contribution is -2.39. The van der Waals surface area contributed by atoms with Gasteiger partial charge in [-0.3, -0.25) is 4.79 Å². The van der Waals surface area contributed by atoms with Crippen LogP contribution in [0.1, 0.15) is 30.8 Å². The fraction of sp³-hybridized carbons (Fsp3) is 0.286. The molecule has 1 atom stereocenters. The van der Waals surface area contributed by atoms with Gasteiger partial charge in [-0.05, 0) is 31.0 Å². The number of carbonyl (C=O) groups is 2. The molecule has 0 radical (unpaired) electrons. The van der Waals surface area contributed by atoms with Crippen LogP contribution >= 0.6 is 0 Å². The molecule has 0 saturated heterocycles. The summed E-state index contributed by atoms with van der Waals surface area (Å²) < 4.78 is 12.6. The molecule has 0 aliphatic heterocycles. The van der Waals surface area contributed by atoms with Crippen LogP contribution in [-0.2, 0) is 33.8 Å². The molecule has 0 aliphatic carbocycles. The Hall–Kier alpha value is -4.44. The van der Waals surface area contributed by atoms with Gasteiger partial charge in [0.05, 0.1) is 17.6 Å². The van der Waals surface area contributed by atoms with Gasteiger partial charge in [0, 0.05) is 37.6 Å². The van der Waals surface area contributed by atoms with Crippen LogP contribution in [0.4, 0.5) is 10.6 Å². The molecule has 1 unspecified atom stereocenters. The molecule has 10 heteroatoms. The number of nitrogens with one attached hydrogen (secondary N) is 2. The second-order valence-corrected chi connectivity index (χ2v) is 9.04. The Morgan fingerprint density at radius 1 is 1.11 bits per heavy atom. The van der Waals surface area contributed by atoms with Gasteiger partial charge >= 0.3 is 6.09 Å². The molecule has 0 bridgehead atoms. The van der Waals surface area contributed by atoms with Gasteiger partial charge in [-0.15, -0.1) is 0 Å². The molecule has 0 spiro atoms. The number of fused-ring (bicyclic) bond motifs is 3. The van der Waals surface area contributed by atoms with Crippen molar-refractivity contribution in [3.05, 3.63) is 77.6 Å². The first-order valence-corrected chi connectivity index (χ1v) is 12.3. The molecule has 2 heterocycles. The number of nitrogens with two attached hydrogens (primary N) is 1. The SMILES string of the molecule is C=C(C)C(=O)NC(C)OC(=O)NCc1ccc(Cn2c(CCOC)nc3c(N)nc4ccccc4c32)cc1. The number of nitrogens with zero attached hydrogens (tertiary/aromatic N) is 3. The molecular weight excluding hydrogens is 484 g/mol. The van der Waals surface area contributed by atoms with Crippen molar-refractivity contribution in [3.8, 4) is 0 Å². The molecule has 4 rings (SSSR count). The van der Waals surface area contributed by atoms with E-state index in [0.29, 0.717) is 36.5 Å². The van der Waals surface area contributed by atoms with Crippen molar-refractivity contribution in [1.29, 1.82) is 0 Å². The summed E-state index contributed by atoms with van der Waals surface area (Å²) >= 11 is 0. The van der Waals surface area contributed by atoms with Crippen LogP contribution in [-0.4, -0.2) is 46.5 Å². The first-order valence-electron chi connectivity index (χ1n) is 12.3. The molecule has 0 fully saturated rings. The van der Waals surface area contributed by atoms with E-state index in [9.17, 15) is 9.59 Å². The van der Waals surface area contributed by atoms with Crippen LogP contribution in [0.25, 0.3) is 21.9 Å². The standard InChI is InChI=1S/C28H32N6O4/c1-17(2)27(35)31-18(3)38-28(36)30-15-19-9-11-20(12-10-19)16-34-23(13-14-37-4)33-24-25(34)21-7-5-6-8-22(21)32-26(24)29/h5-12,18H,1,13-16H2,2-4H3,(H2,29,32)(H,30,36)(H,31,35). The maximum Gasteiger partial charge on any atom is 0.409 e. The second kappa shape index (κ2) is 11.7. The lowest BCUT2D eigenvalue weighted by atomic mass is 10.1. The van der Waals surface area contributed by atoms with E-state index < -0.39 is 12.3 Å². The first kappa shape index (κ1) is 26.6. The minimum atomic E-state index is -0.779. The number of para-hydroxylation sites is 1. The molecule has 0 saturated carbocycles. The maximum absolute atomic E-state index is 12.1. The monoisotopic (exact) mass is 516 g/mol. The van der Waals surface area contributed by atoms with Gasteiger partial charge in [0.1, 0.15) is 11.3 Å². The molecule has 38 heavy (non-hydrogen) atoms. The molecule has 4 aromatic rings. The number of carbonyl (C=O) groups excluding carboxylic acids is 2. The van der Waals surface area contributed by atoms with Crippen molar-refractivity contribution in [3.63, 3.8) is 0 Å². The fourth-order valence-corrected chi connectivity index (χ4v) is 4.12. The molecule has 0 aliphatic rings. The number of amides is 2. The summed E-state index contributed by atoms with van der Waals surface area (Å²) in [6, 6.07) is 15.8. The van der Waals surface area contributed by atoms with Gasteiger partial charge in [-0.1, -0.05) is 49.0 Å². The number of hydrogen-bond donors (Lipinski definition) is 3. The average molecular weight is 517 g/mol. The maximum atomic E-state index is 12.1. The largest absolute Gasteiger partial charge is 0.426 e. The summed E-state index contributed by atoms with van der Waals surface area (Å²) in [6.07, 6.45) is -0.776. The highest BCUT2D eigenvalue weighted by Crippen LogP contribution is 2.29. The zero-order valence-corrected chi connectivity index (χ0v) is 21.8. The number of imidazole rings is 1. The van der Waals surface area contributed by atoms with E-state index in [4.69, 9.17) is 20.2 Å². The number of ether oxygens (including phenoxy) is 2. The van der Waals surface area contributed by atoms with Gasteiger partial charge in [0.15, 0.2) is 12.0 Å². The Labute approximate surface area is 220 Å². The van der Waals surface area contributed by atoms with E-state index in [1.54, 1.807) is 21.0 Å². The average Bonchev–Trinajstić information content (AvgIpc) is 3.25. The molecule has 4 N–H and O–H groups in total. The van der Waals surface area contributed by atoms with Crippen molar-refractivity contribution in [2.45, 2.75) is 39.6 Å². The Morgan fingerprint density at radius 3 is 2.53 bits per heavy atom. The number of benzene rings is 2. The number of pyridine rings is 1. The van der Waals surface area contributed by atoms with Gasteiger partial charge in [0.2, 0.25) is 5.91 Å². The van der Waals surface area contributed by atoms with Crippen LogP contribution in [0.15, 0.2) is 60.7 Å². The minimum absolute atomic E-state index is 0.278. The van der Waals surface area contributed by atoms with E-state index in [-0.39, 0.29) is 12.5 Å². The Balaban J connectivity index is 1.49. The summed E-state index contributed by atoms with van der Waals surface area (Å²) in [5, 5.41) is 6.21.